The fourth-order valence-corrected chi connectivity index (χ4v) is 8.34. The molecule has 0 saturated heterocycles. The molecule has 0 aliphatic heterocycles. The summed E-state index contributed by atoms with van der Waals surface area (Å²) in [5.74, 6) is 3.02. The van der Waals surface area contributed by atoms with Gasteiger partial charge in [0.15, 0.2) is 8.32 Å². The highest BCUT2D eigenvalue weighted by atomic mass is 28.4. The highest BCUT2D eigenvalue weighted by molar-refractivity contribution is 6.70. The van der Waals surface area contributed by atoms with E-state index in [1.807, 2.05) is 0 Å². The van der Waals surface area contributed by atoms with Crippen LogP contribution < -0.4 is 4.43 Å². The Hall–Kier alpha value is -0.916. The van der Waals surface area contributed by atoms with Gasteiger partial charge in [-0.2, -0.15) is 0 Å². The van der Waals surface area contributed by atoms with Crippen LogP contribution in [0.15, 0.2) is 18.2 Å². The molecule has 3 aliphatic carbocycles. The van der Waals surface area contributed by atoms with Gasteiger partial charge in [-0.25, -0.2) is 0 Å². The summed E-state index contributed by atoms with van der Waals surface area (Å²) < 4.78 is 13.1. The number of hydrogen-bond acceptors (Lipinski definition) is 3. The van der Waals surface area contributed by atoms with Crippen LogP contribution in [0.5, 0.6) is 5.75 Å². The zero-order valence-corrected chi connectivity index (χ0v) is 21.3. The van der Waals surface area contributed by atoms with Gasteiger partial charge < -0.3 is 8.85 Å². The second-order valence-corrected chi connectivity index (χ2v) is 20.7. The summed E-state index contributed by atoms with van der Waals surface area (Å²) in [7, 11) is -3.33. The minimum atomic E-state index is -1.71. The van der Waals surface area contributed by atoms with Crippen LogP contribution in [0.3, 0.4) is 0 Å². The molecule has 0 amide bonds. The first-order valence-corrected chi connectivity index (χ1v) is 18.2. The highest BCUT2D eigenvalue weighted by Gasteiger charge is 2.58. The molecule has 0 aromatic heterocycles. The van der Waals surface area contributed by atoms with Gasteiger partial charge in [0, 0.05) is 17.8 Å². The van der Waals surface area contributed by atoms with Gasteiger partial charge >= 0.3 is 0 Å². The molecule has 160 valence electrons. The molecule has 0 spiro atoms. The van der Waals surface area contributed by atoms with Crippen LogP contribution in [-0.2, 0) is 15.6 Å². The second-order valence-electron chi connectivity index (χ2n) is 11.8. The summed E-state index contributed by atoms with van der Waals surface area (Å²) in [6, 6.07) is 6.79. The number of fused-ring (bicyclic) bond motifs is 5. The van der Waals surface area contributed by atoms with Gasteiger partial charge in [0.1, 0.15) is 11.5 Å². The monoisotopic (exact) mass is 430 g/mol. The van der Waals surface area contributed by atoms with E-state index in [-0.39, 0.29) is 11.5 Å². The largest absolute Gasteiger partial charge is 0.544 e. The van der Waals surface area contributed by atoms with E-state index in [1.165, 1.54) is 17.5 Å². The first-order chi connectivity index (χ1) is 13.4. The average molecular weight is 431 g/mol. The van der Waals surface area contributed by atoms with E-state index in [2.05, 4.69) is 64.4 Å². The maximum atomic E-state index is 12.9. The topological polar surface area (TPSA) is 35.5 Å². The normalized spacial score (nSPS) is 34.4. The second kappa shape index (κ2) is 7.06. The Morgan fingerprint density at radius 2 is 1.72 bits per heavy atom. The molecule has 0 bridgehead atoms. The van der Waals surface area contributed by atoms with E-state index >= 15 is 0 Å². The summed E-state index contributed by atoms with van der Waals surface area (Å²) in [5.41, 5.74) is 2.73. The minimum Gasteiger partial charge on any atom is -0.544 e. The average Bonchev–Trinajstić information content (AvgIpc) is 2.86. The van der Waals surface area contributed by atoms with Crippen molar-refractivity contribution in [3.8, 4) is 5.75 Å². The Morgan fingerprint density at radius 3 is 2.38 bits per heavy atom. The number of rotatable bonds is 4. The number of ketones is 1. The molecule has 1 aromatic rings. The van der Waals surface area contributed by atoms with Crippen molar-refractivity contribution in [3.63, 3.8) is 0 Å². The number of carbonyl (C=O) groups excluding carboxylic acids is 1. The van der Waals surface area contributed by atoms with Crippen LogP contribution >= 0.6 is 0 Å². The summed E-state index contributed by atoms with van der Waals surface area (Å²) in [5, 5.41) is 0. The van der Waals surface area contributed by atoms with Crippen LogP contribution in [0.4, 0.5) is 0 Å². The molecular weight excluding hydrogens is 392 g/mol. The predicted octanol–water partition coefficient (Wildman–Crippen LogP) is 6.16. The van der Waals surface area contributed by atoms with E-state index in [1.54, 1.807) is 0 Å². The summed E-state index contributed by atoms with van der Waals surface area (Å²) >= 11 is 0. The van der Waals surface area contributed by atoms with Gasteiger partial charge in [0.25, 0.3) is 0 Å². The molecule has 3 aliphatic rings. The lowest BCUT2D eigenvalue weighted by Crippen LogP contribution is -2.52. The zero-order chi connectivity index (χ0) is 21.2. The van der Waals surface area contributed by atoms with Gasteiger partial charge in [0.05, 0.1) is 6.10 Å². The molecule has 1 aromatic carbocycles. The molecule has 4 rings (SSSR count). The fourth-order valence-electron chi connectivity index (χ4n) is 6.36. The van der Waals surface area contributed by atoms with Gasteiger partial charge in [-0.05, 0) is 100 Å². The van der Waals surface area contributed by atoms with Crippen molar-refractivity contribution in [2.24, 2.45) is 17.3 Å². The Balaban J connectivity index is 1.73. The Labute approximate surface area is 178 Å². The molecule has 0 radical (unpaired) electrons. The third-order valence-electron chi connectivity index (χ3n) is 7.29. The van der Waals surface area contributed by atoms with E-state index in [0.29, 0.717) is 23.5 Å². The molecule has 0 heterocycles. The Morgan fingerprint density at radius 1 is 1.00 bits per heavy atom. The Bertz CT molecular complexity index is 807. The molecule has 5 atom stereocenters. The Kier molecular flexibility index (Phi) is 5.19. The summed E-state index contributed by atoms with van der Waals surface area (Å²) in [4.78, 5) is 12.9. The molecule has 29 heavy (non-hydrogen) atoms. The van der Waals surface area contributed by atoms with Crippen molar-refractivity contribution < 1.29 is 13.6 Å². The van der Waals surface area contributed by atoms with Crippen molar-refractivity contribution in [1.82, 2.24) is 0 Å². The number of aryl methyl sites for hydroxylation is 1. The highest BCUT2D eigenvalue weighted by Crippen LogP contribution is 2.60. The SMILES string of the molecule is CC12CC(O[Si](C)(C)C)C3c4ccc(O[Si](C)(C)C)cc4CCC3C1CCC2=O. The van der Waals surface area contributed by atoms with Crippen molar-refractivity contribution in [2.45, 2.75) is 90.3 Å². The number of Topliss-reactive ketones (excluding diaryl/α,β-unsaturated/α-hetero) is 1. The maximum absolute atomic E-state index is 12.9. The van der Waals surface area contributed by atoms with Crippen molar-refractivity contribution >= 4 is 22.4 Å². The van der Waals surface area contributed by atoms with Gasteiger partial charge in [-0.15, -0.1) is 0 Å². The maximum Gasteiger partial charge on any atom is 0.242 e. The van der Waals surface area contributed by atoms with Gasteiger partial charge in [0.2, 0.25) is 8.32 Å². The molecule has 3 nitrogen and oxygen atoms in total. The van der Waals surface area contributed by atoms with E-state index in [0.717, 1.165) is 31.4 Å². The molecule has 5 unspecified atom stereocenters. The van der Waals surface area contributed by atoms with E-state index in [4.69, 9.17) is 8.85 Å². The van der Waals surface area contributed by atoms with Crippen LogP contribution in [0, 0.1) is 17.3 Å². The van der Waals surface area contributed by atoms with Crippen LogP contribution in [0.25, 0.3) is 0 Å². The van der Waals surface area contributed by atoms with Crippen LogP contribution in [-0.4, -0.2) is 28.5 Å². The molecule has 2 fully saturated rings. The third-order valence-corrected chi connectivity index (χ3v) is 9.15. The van der Waals surface area contributed by atoms with Gasteiger partial charge in [-0.1, -0.05) is 13.0 Å². The van der Waals surface area contributed by atoms with Crippen LogP contribution in [0.2, 0.25) is 39.3 Å². The van der Waals surface area contributed by atoms with Crippen molar-refractivity contribution in [3.05, 3.63) is 29.3 Å². The quantitative estimate of drug-likeness (QED) is 0.537. The molecule has 5 heteroatoms. The molecule has 2 saturated carbocycles. The summed E-state index contributed by atoms with van der Waals surface area (Å²) in [6.07, 6.45) is 5.17. The minimum absolute atomic E-state index is 0.165. The lowest BCUT2D eigenvalue weighted by molar-refractivity contribution is -0.133. The van der Waals surface area contributed by atoms with Crippen molar-refractivity contribution in [2.75, 3.05) is 0 Å². The standard InChI is InChI=1S/C24H38O3Si2/c1-24-15-21(27-29(5,6)7)23-18-11-9-17(26-28(2,3)4)14-16(18)8-10-19(23)20(24)12-13-22(24)25/h9,11,14,19-21,23H,8,10,12-13,15H2,1-7H3. The first-order valence-electron chi connectivity index (χ1n) is 11.4. The summed E-state index contributed by atoms with van der Waals surface area (Å²) in [6.45, 7) is 15.8. The lowest BCUT2D eigenvalue weighted by Gasteiger charge is -2.53. The van der Waals surface area contributed by atoms with E-state index in [9.17, 15) is 4.79 Å². The first kappa shape index (κ1) is 21.3. The fraction of sp³-hybridized carbons (Fsp3) is 0.708. The molecule has 0 N–H and O–H groups in total. The van der Waals surface area contributed by atoms with Crippen LogP contribution in [0.1, 0.15) is 49.7 Å². The van der Waals surface area contributed by atoms with E-state index < -0.39 is 16.6 Å². The van der Waals surface area contributed by atoms with Crippen molar-refractivity contribution in [1.29, 1.82) is 0 Å². The smallest absolute Gasteiger partial charge is 0.242 e. The molecular formula is C24H38O3Si2. The number of carbonyl (C=O) groups is 1. The predicted molar refractivity (Wildman–Crippen MR) is 124 cm³/mol. The van der Waals surface area contributed by atoms with Gasteiger partial charge in [-0.3, -0.25) is 4.79 Å². The lowest BCUT2D eigenvalue weighted by atomic mass is 9.54. The third kappa shape index (κ3) is 4.02. The number of benzene rings is 1. The zero-order valence-electron chi connectivity index (χ0n) is 19.3. The number of hydrogen-bond donors (Lipinski definition) is 0.